The van der Waals surface area contributed by atoms with E-state index in [9.17, 15) is 4.79 Å². The number of carbonyl (C=O) groups excluding carboxylic acids is 1. The van der Waals surface area contributed by atoms with Crippen LogP contribution in [0.25, 0.3) is 0 Å². The summed E-state index contributed by atoms with van der Waals surface area (Å²) in [4.78, 5) is 12.1. The highest BCUT2D eigenvalue weighted by atomic mass is 35.5. The number of nitrogens with one attached hydrogen (secondary N) is 1. The van der Waals surface area contributed by atoms with Gasteiger partial charge in [-0.2, -0.15) is 0 Å². The molecule has 2 rings (SSSR count). The number of carbonyl (C=O) groups is 1. The first-order valence-electron chi connectivity index (χ1n) is 5.99. The maximum Gasteiger partial charge on any atom is 0.240 e. The minimum Gasteiger partial charge on any atom is -0.381 e. The van der Waals surface area contributed by atoms with Gasteiger partial charge in [-0.05, 0) is 30.5 Å². The summed E-state index contributed by atoms with van der Waals surface area (Å²) in [7, 11) is 0. The highest BCUT2D eigenvalue weighted by molar-refractivity contribution is 6.30. The van der Waals surface area contributed by atoms with E-state index in [0.717, 1.165) is 5.56 Å². The molecule has 19 heavy (non-hydrogen) atoms. The molecule has 6 heteroatoms. The molecule has 0 aliphatic carbocycles. The zero-order valence-electron chi connectivity index (χ0n) is 10.5. The summed E-state index contributed by atoms with van der Waals surface area (Å²) < 4.78 is 5.22. The lowest BCUT2D eigenvalue weighted by Crippen LogP contribution is -2.56. The van der Waals surface area contributed by atoms with E-state index in [1.165, 1.54) is 0 Å². The second kappa shape index (κ2) is 7.10. The fraction of sp³-hybridized carbons (Fsp3) is 0.462. The normalized spacial score (nSPS) is 17.4. The topological polar surface area (TPSA) is 64.4 Å². The van der Waals surface area contributed by atoms with Gasteiger partial charge in [0, 0.05) is 24.8 Å². The molecule has 1 aliphatic rings. The van der Waals surface area contributed by atoms with Gasteiger partial charge in [0.05, 0.1) is 5.54 Å². The lowest BCUT2D eigenvalue weighted by Gasteiger charge is -2.31. The summed E-state index contributed by atoms with van der Waals surface area (Å²) in [6.45, 7) is 1.53. The molecule has 1 aromatic rings. The van der Waals surface area contributed by atoms with Crippen LogP contribution in [0, 0.1) is 0 Å². The summed E-state index contributed by atoms with van der Waals surface area (Å²) >= 11 is 5.88. The fourth-order valence-corrected chi connectivity index (χ4v) is 2.18. The van der Waals surface area contributed by atoms with E-state index in [1.807, 2.05) is 18.2 Å². The average Bonchev–Trinajstić information content (AvgIpc) is 2.37. The molecule has 3 N–H and O–H groups in total. The Kier molecular flexibility index (Phi) is 6.07. The lowest BCUT2D eigenvalue weighted by molar-refractivity contribution is -0.129. The van der Waals surface area contributed by atoms with E-state index in [0.29, 0.717) is 37.6 Å². The van der Waals surface area contributed by atoms with E-state index >= 15 is 0 Å². The van der Waals surface area contributed by atoms with Crippen molar-refractivity contribution in [2.24, 2.45) is 5.73 Å². The Morgan fingerprint density at radius 1 is 1.42 bits per heavy atom. The van der Waals surface area contributed by atoms with Gasteiger partial charge < -0.3 is 15.8 Å². The number of hydrogen-bond acceptors (Lipinski definition) is 3. The zero-order valence-corrected chi connectivity index (χ0v) is 12.1. The molecule has 0 aromatic heterocycles. The van der Waals surface area contributed by atoms with Gasteiger partial charge in [-0.15, -0.1) is 12.4 Å². The largest absolute Gasteiger partial charge is 0.381 e. The molecule has 1 aromatic carbocycles. The summed E-state index contributed by atoms with van der Waals surface area (Å²) in [6.07, 6.45) is 1.13. The van der Waals surface area contributed by atoms with Crippen molar-refractivity contribution in [2.45, 2.75) is 24.9 Å². The molecule has 0 bridgehead atoms. The third-order valence-electron chi connectivity index (χ3n) is 3.18. The Balaban J connectivity index is 0.00000180. The summed E-state index contributed by atoms with van der Waals surface area (Å²) in [5.74, 6) is -0.120. The van der Waals surface area contributed by atoms with Gasteiger partial charge in [-0.3, -0.25) is 4.79 Å². The predicted octanol–water partition coefficient (Wildman–Crippen LogP) is 1.89. The predicted molar refractivity (Wildman–Crippen MR) is 77.5 cm³/mol. The van der Waals surface area contributed by atoms with Crippen molar-refractivity contribution in [2.75, 3.05) is 13.2 Å². The molecule has 1 fully saturated rings. The minimum absolute atomic E-state index is 0. The summed E-state index contributed by atoms with van der Waals surface area (Å²) in [5.41, 5.74) is 6.25. The average molecular weight is 305 g/mol. The number of ether oxygens (including phenoxy) is 1. The first kappa shape index (κ1) is 16.2. The molecule has 0 radical (unpaired) electrons. The second-order valence-corrected chi connectivity index (χ2v) is 5.02. The molecule has 0 unspecified atom stereocenters. The molecule has 1 amide bonds. The van der Waals surface area contributed by atoms with Crippen LogP contribution in [0.4, 0.5) is 0 Å². The number of hydrogen-bond donors (Lipinski definition) is 2. The van der Waals surface area contributed by atoms with Crippen LogP contribution in [-0.2, 0) is 16.1 Å². The van der Waals surface area contributed by atoms with Crippen LogP contribution in [0.2, 0.25) is 5.02 Å². The van der Waals surface area contributed by atoms with E-state index < -0.39 is 5.54 Å². The first-order valence-corrected chi connectivity index (χ1v) is 6.37. The summed E-state index contributed by atoms with van der Waals surface area (Å²) in [6, 6.07) is 7.40. The van der Waals surface area contributed by atoms with Gasteiger partial charge in [0.25, 0.3) is 0 Å². The Hall–Kier alpha value is -0.810. The van der Waals surface area contributed by atoms with Gasteiger partial charge >= 0.3 is 0 Å². The van der Waals surface area contributed by atoms with Gasteiger partial charge in [0.15, 0.2) is 0 Å². The minimum atomic E-state index is -0.795. The van der Waals surface area contributed by atoms with E-state index in [2.05, 4.69) is 5.32 Å². The standard InChI is InChI=1S/C13H17ClN2O2.ClH/c14-11-3-1-2-10(8-11)9-16-12(17)13(15)4-6-18-7-5-13;/h1-3,8H,4-7,9,15H2,(H,16,17);1H. The third-order valence-corrected chi connectivity index (χ3v) is 3.41. The smallest absolute Gasteiger partial charge is 0.240 e. The number of nitrogens with two attached hydrogens (primary N) is 1. The molecule has 0 spiro atoms. The van der Waals surface area contributed by atoms with Crippen LogP contribution in [0.5, 0.6) is 0 Å². The van der Waals surface area contributed by atoms with Crippen molar-refractivity contribution in [3.05, 3.63) is 34.9 Å². The van der Waals surface area contributed by atoms with E-state index in [4.69, 9.17) is 22.1 Å². The quantitative estimate of drug-likeness (QED) is 0.896. The number of halogens is 2. The maximum atomic E-state index is 12.1. The molecule has 1 aliphatic heterocycles. The Morgan fingerprint density at radius 3 is 2.74 bits per heavy atom. The Morgan fingerprint density at radius 2 is 2.11 bits per heavy atom. The van der Waals surface area contributed by atoms with Crippen LogP contribution in [-0.4, -0.2) is 24.7 Å². The number of benzene rings is 1. The van der Waals surface area contributed by atoms with E-state index in [1.54, 1.807) is 6.07 Å². The van der Waals surface area contributed by atoms with Gasteiger partial charge in [-0.1, -0.05) is 23.7 Å². The third kappa shape index (κ3) is 4.35. The SMILES string of the molecule is Cl.NC1(C(=O)NCc2cccc(Cl)c2)CCOCC1. The van der Waals surface area contributed by atoms with Crippen molar-refractivity contribution in [1.82, 2.24) is 5.32 Å². The van der Waals surface area contributed by atoms with Crippen LogP contribution < -0.4 is 11.1 Å². The highest BCUT2D eigenvalue weighted by Crippen LogP contribution is 2.18. The van der Waals surface area contributed by atoms with E-state index in [-0.39, 0.29) is 18.3 Å². The fourth-order valence-electron chi connectivity index (χ4n) is 1.97. The molecule has 0 saturated carbocycles. The molecule has 4 nitrogen and oxygen atoms in total. The van der Waals surface area contributed by atoms with Crippen molar-refractivity contribution in [3.8, 4) is 0 Å². The van der Waals surface area contributed by atoms with Gasteiger partial charge in [-0.25, -0.2) is 0 Å². The van der Waals surface area contributed by atoms with Crippen molar-refractivity contribution in [3.63, 3.8) is 0 Å². The maximum absolute atomic E-state index is 12.1. The highest BCUT2D eigenvalue weighted by Gasteiger charge is 2.35. The first-order chi connectivity index (χ1) is 8.60. The molecule has 1 saturated heterocycles. The van der Waals surface area contributed by atoms with Gasteiger partial charge in [0.2, 0.25) is 5.91 Å². The van der Waals surface area contributed by atoms with Crippen LogP contribution >= 0.6 is 24.0 Å². The van der Waals surface area contributed by atoms with Crippen molar-refractivity contribution in [1.29, 1.82) is 0 Å². The summed E-state index contributed by atoms with van der Waals surface area (Å²) in [5, 5.41) is 3.52. The second-order valence-electron chi connectivity index (χ2n) is 4.58. The monoisotopic (exact) mass is 304 g/mol. The Labute approximate surface area is 124 Å². The number of amides is 1. The molecule has 0 atom stereocenters. The van der Waals surface area contributed by atoms with Gasteiger partial charge in [0.1, 0.15) is 0 Å². The molecular formula is C13H18Cl2N2O2. The lowest BCUT2D eigenvalue weighted by atomic mass is 9.90. The van der Waals surface area contributed by atoms with Crippen molar-refractivity contribution < 1.29 is 9.53 Å². The van der Waals surface area contributed by atoms with Crippen LogP contribution in [0.1, 0.15) is 18.4 Å². The number of rotatable bonds is 3. The molecule has 106 valence electrons. The van der Waals surface area contributed by atoms with Crippen molar-refractivity contribution >= 4 is 29.9 Å². The molecular weight excluding hydrogens is 287 g/mol. The Bertz CT molecular complexity index is 434. The van der Waals surface area contributed by atoms with Crippen LogP contribution in [0.15, 0.2) is 24.3 Å². The van der Waals surface area contributed by atoms with Crippen LogP contribution in [0.3, 0.4) is 0 Å². The molecule has 1 heterocycles. The zero-order chi connectivity index (χ0) is 13.0.